The number of carbonyl (C=O) groups is 1. The molecule has 0 spiro atoms. The number of benzene rings is 2. The smallest absolute Gasteiger partial charge is 0.328 e. The number of hydrogen-bond donors (Lipinski definition) is 1. The molecule has 0 aliphatic rings. The first-order valence-electron chi connectivity index (χ1n) is 6.10. The lowest BCUT2D eigenvalue weighted by Gasteiger charge is -2.09. The van der Waals surface area contributed by atoms with Crippen molar-refractivity contribution < 1.29 is 23.4 Å². The largest absolute Gasteiger partial charge is 0.478 e. The van der Waals surface area contributed by atoms with E-state index in [1.54, 1.807) is 19.1 Å². The molecule has 0 unspecified atom stereocenters. The minimum absolute atomic E-state index is 0.0197. The fraction of sp³-hybridized carbons (Fsp3) is 0.0625. The summed E-state index contributed by atoms with van der Waals surface area (Å²) in [5.74, 6) is -2.21. The van der Waals surface area contributed by atoms with Crippen molar-refractivity contribution in [1.82, 2.24) is 0 Å². The van der Waals surface area contributed by atoms with E-state index < -0.39 is 17.6 Å². The molecule has 0 radical (unpaired) electrons. The Labute approximate surface area is 120 Å². The summed E-state index contributed by atoms with van der Waals surface area (Å²) in [5, 5.41) is 8.55. The molecule has 5 heteroatoms. The molecule has 0 aliphatic heterocycles. The average Bonchev–Trinajstić information content (AvgIpc) is 2.41. The maximum atomic E-state index is 13.8. The van der Waals surface area contributed by atoms with Crippen molar-refractivity contribution >= 4 is 12.0 Å². The van der Waals surface area contributed by atoms with Crippen LogP contribution in [0.1, 0.15) is 11.1 Å². The first kappa shape index (κ1) is 14.7. The number of hydrogen-bond acceptors (Lipinski definition) is 2. The van der Waals surface area contributed by atoms with E-state index in [-0.39, 0.29) is 11.5 Å². The molecule has 0 bridgehead atoms. The quantitative estimate of drug-likeness (QED) is 0.860. The third-order valence-electron chi connectivity index (χ3n) is 2.70. The van der Waals surface area contributed by atoms with Crippen LogP contribution in [0.4, 0.5) is 8.78 Å². The third-order valence-corrected chi connectivity index (χ3v) is 2.70. The van der Waals surface area contributed by atoms with E-state index >= 15 is 0 Å². The topological polar surface area (TPSA) is 46.5 Å². The van der Waals surface area contributed by atoms with Gasteiger partial charge >= 0.3 is 5.97 Å². The summed E-state index contributed by atoms with van der Waals surface area (Å²) in [6.07, 6.45) is 2.11. The number of halogens is 2. The molecule has 21 heavy (non-hydrogen) atoms. The minimum Gasteiger partial charge on any atom is -0.478 e. The van der Waals surface area contributed by atoms with Crippen molar-refractivity contribution in [2.75, 3.05) is 0 Å². The van der Waals surface area contributed by atoms with E-state index in [0.29, 0.717) is 11.1 Å². The van der Waals surface area contributed by atoms with Crippen molar-refractivity contribution in [3.8, 4) is 11.5 Å². The molecule has 3 nitrogen and oxygen atoms in total. The summed E-state index contributed by atoms with van der Waals surface area (Å²) in [5.41, 5.74) is 0.718. The molecule has 1 N–H and O–H groups in total. The van der Waals surface area contributed by atoms with Gasteiger partial charge in [-0.1, -0.05) is 12.1 Å². The van der Waals surface area contributed by atoms with Crippen molar-refractivity contribution in [2.24, 2.45) is 0 Å². The summed E-state index contributed by atoms with van der Waals surface area (Å²) < 4.78 is 32.6. The predicted octanol–water partition coefficient (Wildman–Crippen LogP) is 4.16. The lowest BCUT2D eigenvalue weighted by Crippen LogP contribution is -1.92. The fourth-order valence-electron chi connectivity index (χ4n) is 1.73. The van der Waals surface area contributed by atoms with Gasteiger partial charge in [0.1, 0.15) is 11.6 Å². The summed E-state index contributed by atoms with van der Waals surface area (Å²) in [4.78, 5) is 10.5. The highest BCUT2D eigenvalue weighted by Crippen LogP contribution is 2.27. The van der Waals surface area contributed by atoms with Crippen LogP contribution >= 0.6 is 0 Å². The van der Waals surface area contributed by atoms with Gasteiger partial charge in [-0.25, -0.2) is 13.6 Å². The summed E-state index contributed by atoms with van der Waals surface area (Å²) in [6, 6.07) is 8.32. The Kier molecular flexibility index (Phi) is 4.33. The second-order valence-electron chi connectivity index (χ2n) is 4.38. The van der Waals surface area contributed by atoms with E-state index in [0.717, 1.165) is 18.2 Å². The van der Waals surface area contributed by atoms with Gasteiger partial charge in [-0.15, -0.1) is 0 Å². The van der Waals surface area contributed by atoms with Gasteiger partial charge < -0.3 is 9.84 Å². The minimum atomic E-state index is -1.15. The first-order chi connectivity index (χ1) is 9.95. The molecule has 0 amide bonds. The van der Waals surface area contributed by atoms with Gasteiger partial charge in [0.05, 0.1) is 0 Å². The number of aliphatic carboxylic acids is 1. The Morgan fingerprint density at radius 1 is 1.24 bits per heavy atom. The van der Waals surface area contributed by atoms with Gasteiger partial charge in [-0.3, -0.25) is 0 Å². The molecule has 108 valence electrons. The highest BCUT2D eigenvalue weighted by Gasteiger charge is 2.08. The second-order valence-corrected chi connectivity index (χ2v) is 4.38. The SMILES string of the molecule is Cc1cccc(Oc2cc(F)cc(/C=C/C(=O)O)c2)c1F. The van der Waals surface area contributed by atoms with E-state index in [2.05, 4.69) is 0 Å². The highest BCUT2D eigenvalue weighted by molar-refractivity contribution is 5.85. The summed E-state index contributed by atoms with van der Waals surface area (Å²) in [7, 11) is 0. The highest BCUT2D eigenvalue weighted by atomic mass is 19.1. The Hall–Kier alpha value is -2.69. The van der Waals surface area contributed by atoms with Crippen LogP contribution in [0.3, 0.4) is 0 Å². The monoisotopic (exact) mass is 290 g/mol. The zero-order chi connectivity index (χ0) is 15.4. The molecule has 0 saturated heterocycles. The van der Waals surface area contributed by atoms with E-state index in [1.165, 1.54) is 18.2 Å². The second kappa shape index (κ2) is 6.17. The molecule has 0 heterocycles. The zero-order valence-electron chi connectivity index (χ0n) is 11.1. The molecule has 0 aliphatic carbocycles. The van der Waals surface area contributed by atoms with Crippen molar-refractivity contribution in [3.63, 3.8) is 0 Å². The van der Waals surface area contributed by atoms with E-state index in [9.17, 15) is 13.6 Å². The van der Waals surface area contributed by atoms with Crippen molar-refractivity contribution in [2.45, 2.75) is 6.92 Å². The normalized spacial score (nSPS) is 10.8. The van der Waals surface area contributed by atoms with Crippen LogP contribution in [0.2, 0.25) is 0 Å². The van der Waals surface area contributed by atoms with Crippen LogP contribution in [0.5, 0.6) is 11.5 Å². The molecule has 0 aromatic heterocycles. The Bertz CT molecular complexity index is 709. The standard InChI is InChI=1S/C16H12F2O3/c1-10-3-2-4-14(16(10)18)21-13-8-11(5-6-15(19)20)7-12(17)9-13/h2-9H,1H3,(H,19,20)/b6-5+. The lowest BCUT2D eigenvalue weighted by molar-refractivity contribution is -0.131. The molecule has 0 saturated carbocycles. The summed E-state index contributed by atoms with van der Waals surface area (Å²) >= 11 is 0. The maximum Gasteiger partial charge on any atom is 0.328 e. The average molecular weight is 290 g/mol. The molecule has 2 rings (SSSR count). The van der Waals surface area contributed by atoms with Crippen LogP contribution in [-0.4, -0.2) is 11.1 Å². The Balaban J connectivity index is 2.32. The van der Waals surface area contributed by atoms with Gasteiger partial charge in [-0.2, -0.15) is 0 Å². The lowest BCUT2D eigenvalue weighted by atomic mass is 10.2. The fourth-order valence-corrected chi connectivity index (χ4v) is 1.73. The van der Waals surface area contributed by atoms with E-state index in [1.807, 2.05) is 0 Å². The Morgan fingerprint density at radius 3 is 2.71 bits per heavy atom. The molecule has 2 aromatic carbocycles. The molecule has 2 aromatic rings. The number of carboxylic acid groups (broad SMARTS) is 1. The van der Waals surface area contributed by atoms with Gasteiger partial charge in [0, 0.05) is 12.1 Å². The third kappa shape index (κ3) is 3.89. The van der Waals surface area contributed by atoms with Gasteiger partial charge in [-0.05, 0) is 42.3 Å². The molecular formula is C16H12F2O3. The van der Waals surface area contributed by atoms with E-state index in [4.69, 9.17) is 9.84 Å². The van der Waals surface area contributed by atoms with Crippen LogP contribution in [0.25, 0.3) is 6.08 Å². The Morgan fingerprint density at radius 2 is 2.00 bits per heavy atom. The number of ether oxygens (including phenoxy) is 1. The molecular weight excluding hydrogens is 278 g/mol. The number of aryl methyl sites for hydroxylation is 1. The van der Waals surface area contributed by atoms with Crippen molar-refractivity contribution in [1.29, 1.82) is 0 Å². The first-order valence-corrected chi connectivity index (χ1v) is 6.10. The van der Waals surface area contributed by atoms with Gasteiger partial charge in [0.15, 0.2) is 11.6 Å². The van der Waals surface area contributed by atoms with Crippen LogP contribution in [-0.2, 0) is 4.79 Å². The maximum absolute atomic E-state index is 13.8. The predicted molar refractivity (Wildman–Crippen MR) is 74.3 cm³/mol. The van der Waals surface area contributed by atoms with Crippen LogP contribution in [0.15, 0.2) is 42.5 Å². The van der Waals surface area contributed by atoms with Gasteiger partial charge in [0.25, 0.3) is 0 Å². The molecule has 0 fully saturated rings. The number of carboxylic acids is 1. The zero-order valence-corrected chi connectivity index (χ0v) is 11.1. The van der Waals surface area contributed by atoms with Gasteiger partial charge in [0.2, 0.25) is 0 Å². The number of rotatable bonds is 4. The van der Waals surface area contributed by atoms with Crippen LogP contribution in [0, 0.1) is 18.6 Å². The van der Waals surface area contributed by atoms with Crippen molar-refractivity contribution in [3.05, 3.63) is 65.2 Å². The molecule has 0 atom stereocenters. The van der Waals surface area contributed by atoms with Crippen LogP contribution < -0.4 is 4.74 Å². The summed E-state index contributed by atoms with van der Waals surface area (Å²) in [6.45, 7) is 1.59.